The van der Waals surface area contributed by atoms with Gasteiger partial charge in [-0.25, -0.2) is 0 Å². The highest BCUT2D eigenvalue weighted by atomic mass is 16.7. The van der Waals surface area contributed by atoms with Gasteiger partial charge in [-0.3, -0.25) is 9.78 Å². The van der Waals surface area contributed by atoms with E-state index in [1.807, 2.05) is 6.07 Å². The van der Waals surface area contributed by atoms with Crippen LogP contribution in [0.3, 0.4) is 0 Å². The molecule has 1 aromatic carbocycles. The molecule has 2 unspecified atom stereocenters. The first-order valence-electron chi connectivity index (χ1n) is 7.73. The first kappa shape index (κ1) is 19.2. The van der Waals surface area contributed by atoms with E-state index >= 15 is 0 Å². The van der Waals surface area contributed by atoms with E-state index in [2.05, 4.69) is 16.2 Å². The van der Waals surface area contributed by atoms with Crippen molar-refractivity contribution < 1.29 is 19.0 Å². The number of methoxy groups -OCH3 is 2. The van der Waals surface area contributed by atoms with Gasteiger partial charge < -0.3 is 19.5 Å². The molecule has 134 valence electrons. The summed E-state index contributed by atoms with van der Waals surface area (Å²) < 4.78 is 15.7. The number of nitrogens with zero attached hydrogens (tertiary/aromatic N) is 2. The molecule has 1 aromatic heterocycles. The lowest BCUT2D eigenvalue weighted by Gasteiger charge is -2.25. The molecular formula is C19H19N3O4. The smallest absolute Gasteiger partial charge is 0.290 e. The van der Waals surface area contributed by atoms with Gasteiger partial charge in [0.25, 0.3) is 12.2 Å². The summed E-state index contributed by atoms with van der Waals surface area (Å²) in [6.07, 6.45) is 5.76. The van der Waals surface area contributed by atoms with Gasteiger partial charge in [0.1, 0.15) is 11.3 Å². The summed E-state index contributed by atoms with van der Waals surface area (Å²) in [6.45, 7) is 1.58. The summed E-state index contributed by atoms with van der Waals surface area (Å²) in [7, 11) is 2.78. The van der Waals surface area contributed by atoms with E-state index < -0.39 is 17.7 Å². The molecule has 0 aliphatic carbocycles. The van der Waals surface area contributed by atoms with Crippen molar-refractivity contribution in [2.45, 2.75) is 18.8 Å². The van der Waals surface area contributed by atoms with E-state index in [1.54, 1.807) is 37.4 Å². The first-order chi connectivity index (χ1) is 12.4. The van der Waals surface area contributed by atoms with E-state index in [9.17, 15) is 10.1 Å². The van der Waals surface area contributed by atoms with Gasteiger partial charge in [0.05, 0.1) is 18.2 Å². The third-order valence-corrected chi connectivity index (χ3v) is 3.57. The minimum absolute atomic E-state index is 0.0299. The number of amides is 1. The summed E-state index contributed by atoms with van der Waals surface area (Å²) in [6, 6.07) is 8.92. The van der Waals surface area contributed by atoms with Gasteiger partial charge in [-0.15, -0.1) is 6.42 Å². The predicted octanol–water partition coefficient (Wildman–Crippen LogP) is 1.61. The van der Waals surface area contributed by atoms with E-state index in [4.69, 9.17) is 20.6 Å². The predicted molar refractivity (Wildman–Crippen MR) is 95.1 cm³/mol. The average molecular weight is 353 g/mol. The number of fused-ring (bicyclic) bond motifs is 1. The van der Waals surface area contributed by atoms with Crippen LogP contribution < -0.4 is 10.1 Å². The number of pyridine rings is 1. The Morgan fingerprint density at radius 2 is 2.19 bits per heavy atom. The summed E-state index contributed by atoms with van der Waals surface area (Å²) in [5.74, 6) is 2.33. The molecule has 7 heteroatoms. The molecule has 1 amide bonds. The molecule has 0 aliphatic heterocycles. The highest BCUT2D eigenvalue weighted by Crippen LogP contribution is 2.21. The number of nitrogens with one attached hydrogen (secondary N) is 1. The Morgan fingerprint density at radius 1 is 1.42 bits per heavy atom. The van der Waals surface area contributed by atoms with Crippen molar-refractivity contribution in [2.75, 3.05) is 20.8 Å². The van der Waals surface area contributed by atoms with Crippen LogP contribution in [0.5, 0.6) is 5.75 Å². The normalized spacial score (nSPS) is 13.9. The van der Waals surface area contributed by atoms with Crippen LogP contribution in [0.15, 0.2) is 30.5 Å². The standard InChI is InChI=1S/C19H19N3O4/c1-5-13-8-14-9-15(6-7-16(14)21-10-13)26-18(25-4)17(23)22-19(2,11-20)12-24-3/h1,6-10,18H,12H2,2-4H3,(H,22,23). The van der Waals surface area contributed by atoms with E-state index in [-0.39, 0.29) is 6.61 Å². The number of aromatic nitrogens is 1. The Labute approximate surface area is 151 Å². The number of terminal acetylenes is 1. The SMILES string of the molecule is C#Cc1cnc2ccc(OC(OC)C(=O)NC(C)(C#N)COC)cc2c1. The molecule has 0 spiro atoms. The third-order valence-electron chi connectivity index (χ3n) is 3.57. The monoisotopic (exact) mass is 353 g/mol. The lowest BCUT2D eigenvalue weighted by Crippen LogP contribution is -2.53. The van der Waals surface area contributed by atoms with Gasteiger partial charge in [0.15, 0.2) is 0 Å². The molecule has 0 bridgehead atoms. The maximum absolute atomic E-state index is 12.4. The van der Waals surface area contributed by atoms with Gasteiger partial charge in [-0.1, -0.05) is 5.92 Å². The quantitative estimate of drug-likeness (QED) is 0.600. The minimum atomic E-state index is -1.24. The number of rotatable bonds is 7. The largest absolute Gasteiger partial charge is 0.455 e. The van der Waals surface area contributed by atoms with Crippen LogP contribution in [-0.2, 0) is 14.3 Å². The molecule has 0 fully saturated rings. The molecule has 1 heterocycles. The topological polar surface area (TPSA) is 93.5 Å². The first-order valence-corrected chi connectivity index (χ1v) is 7.73. The second-order valence-corrected chi connectivity index (χ2v) is 5.77. The van der Waals surface area contributed by atoms with Crippen LogP contribution in [0, 0.1) is 23.7 Å². The number of benzene rings is 1. The van der Waals surface area contributed by atoms with Gasteiger partial charge in [0.2, 0.25) is 0 Å². The number of carbonyl (C=O) groups excluding carboxylic acids is 1. The second kappa shape index (κ2) is 8.30. The lowest BCUT2D eigenvalue weighted by atomic mass is 10.1. The number of carbonyl (C=O) groups is 1. The molecule has 1 N–H and O–H groups in total. The number of ether oxygens (including phenoxy) is 3. The highest BCUT2D eigenvalue weighted by Gasteiger charge is 2.31. The van der Waals surface area contributed by atoms with Crippen molar-refractivity contribution in [2.24, 2.45) is 0 Å². The fourth-order valence-electron chi connectivity index (χ4n) is 2.31. The van der Waals surface area contributed by atoms with Crippen molar-refractivity contribution in [1.29, 1.82) is 5.26 Å². The minimum Gasteiger partial charge on any atom is -0.455 e. The van der Waals surface area contributed by atoms with Crippen LogP contribution in [-0.4, -0.2) is 43.5 Å². The number of nitriles is 1. The Hall–Kier alpha value is -3.13. The molecule has 26 heavy (non-hydrogen) atoms. The molecule has 2 aromatic rings. The number of hydrogen-bond acceptors (Lipinski definition) is 6. The summed E-state index contributed by atoms with van der Waals surface area (Å²) in [5, 5.41) is 12.6. The Morgan fingerprint density at radius 3 is 2.81 bits per heavy atom. The number of hydrogen-bond donors (Lipinski definition) is 1. The van der Waals surface area contributed by atoms with E-state index in [1.165, 1.54) is 14.2 Å². The van der Waals surface area contributed by atoms with Crippen LogP contribution in [0.1, 0.15) is 12.5 Å². The van der Waals surface area contributed by atoms with Gasteiger partial charge >= 0.3 is 0 Å². The Kier molecular flexibility index (Phi) is 6.13. The van der Waals surface area contributed by atoms with Gasteiger partial charge in [0, 0.05) is 31.4 Å². The van der Waals surface area contributed by atoms with Crippen molar-refractivity contribution in [3.05, 3.63) is 36.0 Å². The Bertz CT molecular complexity index is 884. The van der Waals surface area contributed by atoms with Crippen molar-refractivity contribution in [1.82, 2.24) is 10.3 Å². The van der Waals surface area contributed by atoms with Crippen LogP contribution in [0.25, 0.3) is 10.9 Å². The van der Waals surface area contributed by atoms with Crippen molar-refractivity contribution in [3.63, 3.8) is 0 Å². The maximum atomic E-state index is 12.4. The zero-order valence-electron chi connectivity index (χ0n) is 14.8. The maximum Gasteiger partial charge on any atom is 0.290 e. The molecule has 7 nitrogen and oxygen atoms in total. The fraction of sp³-hybridized carbons (Fsp3) is 0.316. The average Bonchev–Trinajstić information content (AvgIpc) is 2.65. The fourth-order valence-corrected chi connectivity index (χ4v) is 2.31. The zero-order valence-corrected chi connectivity index (χ0v) is 14.8. The van der Waals surface area contributed by atoms with Crippen molar-refractivity contribution >= 4 is 16.8 Å². The third kappa shape index (κ3) is 4.48. The molecular weight excluding hydrogens is 334 g/mol. The second-order valence-electron chi connectivity index (χ2n) is 5.77. The summed E-state index contributed by atoms with van der Waals surface area (Å²) in [4.78, 5) is 16.6. The molecule has 0 saturated heterocycles. The summed E-state index contributed by atoms with van der Waals surface area (Å²) >= 11 is 0. The van der Waals surface area contributed by atoms with Crippen LogP contribution in [0.2, 0.25) is 0 Å². The van der Waals surface area contributed by atoms with Gasteiger partial charge in [-0.05, 0) is 31.2 Å². The molecule has 0 saturated carbocycles. The molecule has 0 aliphatic rings. The van der Waals surface area contributed by atoms with Crippen LogP contribution in [0.4, 0.5) is 0 Å². The Balaban J connectivity index is 2.19. The highest BCUT2D eigenvalue weighted by molar-refractivity contribution is 5.83. The van der Waals surface area contributed by atoms with E-state index in [0.29, 0.717) is 11.3 Å². The lowest BCUT2D eigenvalue weighted by molar-refractivity contribution is -0.149. The van der Waals surface area contributed by atoms with Gasteiger partial charge in [-0.2, -0.15) is 5.26 Å². The van der Waals surface area contributed by atoms with Crippen molar-refractivity contribution in [3.8, 4) is 24.2 Å². The summed E-state index contributed by atoms with van der Waals surface area (Å²) in [5.41, 5.74) is 0.188. The van der Waals surface area contributed by atoms with Crippen LogP contribution >= 0.6 is 0 Å². The zero-order chi connectivity index (χ0) is 19.2. The molecule has 2 rings (SSSR count). The molecule has 0 radical (unpaired) electrons. The molecule has 2 atom stereocenters. The van der Waals surface area contributed by atoms with E-state index in [0.717, 1.165) is 10.9 Å².